The van der Waals surface area contributed by atoms with E-state index < -0.39 is 11.8 Å². The number of aromatic nitrogens is 2. The molecule has 8 heteroatoms. The zero-order chi connectivity index (χ0) is 23.2. The summed E-state index contributed by atoms with van der Waals surface area (Å²) in [5, 5.41) is 5.15. The lowest BCUT2D eigenvalue weighted by atomic mass is 9.91. The van der Waals surface area contributed by atoms with Gasteiger partial charge in [-0.05, 0) is 47.9 Å². The number of carbonyl (C=O) groups is 2. The summed E-state index contributed by atoms with van der Waals surface area (Å²) in [7, 11) is 0. The lowest BCUT2D eigenvalue weighted by Crippen LogP contribution is -2.24. The van der Waals surface area contributed by atoms with Gasteiger partial charge in [-0.1, -0.05) is 24.3 Å². The zero-order valence-corrected chi connectivity index (χ0v) is 18.4. The largest absolute Gasteiger partial charge is 0.369 e. The Bertz CT molecular complexity index is 1280. The van der Waals surface area contributed by atoms with Gasteiger partial charge in [-0.25, -0.2) is 9.37 Å². The highest BCUT2D eigenvalue weighted by molar-refractivity contribution is 7.12. The van der Waals surface area contributed by atoms with Gasteiger partial charge in [0, 0.05) is 35.4 Å². The molecule has 1 atom stereocenters. The van der Waals surface area contributed by atoms with Crippen molar-refractivity contribution in [3.63, 3.8) is 0 Å². The van der Waals surface area contributed by atoms with E-state index in [-0.39, 0.29) is 5.82 Å². The van der Waals surface area contributed by atoms with Crippen LogP contribution in [0.1, 0.15) is 32.3 Å². The Labute approximate surface area is 194 Å². The summed E-state index contributed by atoms with van der Waals surface area (Å²) < 4.78 is 13.5. The number of pyridine rings is 2. The number of amides is 1. The molecular formula is C25H21FN4O2S. The molecule has 4 aromatic rings. The molecule has 3 aromatic heterocycles. The fourth-order valence-corrected chi connectivity index (χ4v) is 4.32. The SMILES string of the molecule is NC(=O)C(c1cccnc1)c1ccc(-c2csc(C=O)c2)nc1NCCc1cccc(F)c1. The first-order valence-electron chi connectivity index (χ1n) is 10.3. The van der Waals surface area contributed by atoms with E-state index in [1.165, 1.54) is 23.5 Å². The van der Waals surface area contributed by atoms with E-state index in [0.29, 0.717) is 40.5 Å². The summed E-state index contributed by atoms with van der Waals surface area (Å²) >= 11 is 1.33. The first-order valence-corrected chi connectivity index (χ1v) is 11.2. The van der Waals surface area contributed by atoms with Gasteiger partial charge in [0.1, 0.15) is 11.6 Å². The molecule has 0 bridgehead atoms. The number of anilines is 1. The lowest BCUT2D eigenvalue weighted by Gasteiger charge is -2.19. The maximum absolute atomic E-state index is 13.5. The predicted octanol–water partition coefficient (Wildman–Crippen LogP) is 4.43. The fourth-order valence-electron chi connectivity index (χ4n) is 3.62. The van der Waals surface area contributed by atoms with Crippen LogP contribution in [0.15, 0.2) is 72.4 Å². The van der Waals surface area contributed by atoms with Crippen LogP contribution in [0.5, 0.6) is 0 Å². The number of nitrogens with one attached hydrogen (secondary N) is 1. The van der Waals surface area contributed by atoms with Gasteiger partial charge in [0.25, 0.3) is 0 Å². The minimum absolute atomic E-state index is 0.290. The maximum atomic E-state index is 13.5. The van der Waals surface area contributed by atoms with E-state index in [9.17, 15) is 14.0 Å². The molecule has 0 aliphatic rings. The Kier molecular flexibility index (Phi) is 6.85. The number of rotatable bonds is 9. The van der Waals surface area contributed by atoms with Gasteiger partial charge < -0.3 is 11.1 Å². The number of nitrogens with zero attached hydrogens (tertiary/aromatic N) is 2. The van der Waals surface area contributed by atoms with Crippen LogP contribution < -0.4 is 11.1 Å². The molecule has 33 heavy (non-hydrogen) atoms. The van der Waals surface area contributed by atoms with Crippen molar-refractivity contribution in [1.82, 2.24) is 9.97 Å². The highest BCUT2D eigenvalue weighted by Crippen LogP contribution is 2.32. The van der Waals surface area contributed by atoms with E-state index in [1.807, 2.05) is 17.5 Å². The molecular weight excluding hydrogens is 439 g/mol. The summed E-state index contributed by atoms with van der Waals surface area (Å²) in [5.41, 5.74) is 9.35. The highest BCUT2D eigenvalue weighted by atomic mass is 32.1. The average Bonchev–Trinajstić information content (AvgIpc) is 3.30. The van der Waals surface area contributed by atoms with E-state index in [1.54, 1.807) is 42.7 Å². The Morgan fingerprint density at radius 3 is 2.76 bits per heavy atom. The smallest absolute Gasteiger partial charge is 0.229 e. The average molecular weight is 461 g/mol. The number of hydrogen-bond donors (Lipinski definition) is 2. The first kappa shape index (κ1) is 22.3. The van der Waals surface area contributed by atoms with Crippen molar-refractivity contribution in [2.24, 2.45) is 5.73 Å². The number of thiophene rings is 1. The summed E-state index contributed by atoms with van der Waals surface area (Å²) in [4.78, 5) is 33.0. The summed E-state index contributed by atoms with van der Waals surface area (Å²) in [5.74, 6) is -1.06. The molecule has 0 fully saturated rings. The van der Waals surface area contributed by atoms with Crippen LogP contribution in [0, 0.1) is 5.82 Å². The van der Waals surface area contributed by atoms with Crippen molar-refractivity contribution in [3.05, 3.63) is 99.8 Å². The zero-order valence-electron chi connectivity index (χ0n) is 17.6. The van der Waals surface area contributed by atoms with Crippen LogP contribution in [-0.2, 0) is 11.2 Å². The second kappa shape index (κ2) is 10.1. The predicted molar refractivity (Wildman–Crippen MR) is 127 cm³/mol. The summed E-state index contributed by atoms with van der Waals surface area (Å²) in [6.45, 7) is 0.467. The third-order valence-corrected chi connectivity index (χ3v) is 6.02. The monoisotopic (exact) mass is 460 g/mol. The van der Waals surface area contributed by atoms with Crippen molar-refractivity contribution >= 4 is 29.3 Å². The van der Waals surface area contributed by atoms with Gasteiger partial charge in [-0.2, -0.15) is 0 Å². The number of aldehydes is 1. The molecule has 1 aromatic carbocycles. The van der Waals surface area contributed by atoms with Crippen molar-refractivity contribution in [2.75, 3.05) is 11.9 Å². The van der Waals surface area contributed by atoms with Gasteiger partial charge in [0.05, 0.1) is 16.5 Å². The molecule has 1 amide bonds. The lowest BCUT2D eigenvalue weighted by molar-refractivity contribution is -0.118. The number of benzene rings is 1. The highest BCUT2D eigenvalue weighted by Gasteiger charge is 2.25. The second-order valence-electron chi connectivity index (χ2n) is 7.42. The van der Waals surface area contributed by atoms with Crippen LogP contribution in [0.4, 0.5) is 10.2 Å². The quantitative estimate of drug-likeness (QED) is 0.360. The van der Waals surface area contributed by atoms with Crippen LogP contribution >= 0.6 is 11.3 Å². The Morgan fingerprint density at radius 2 is 2.06 bits per heavy atom. The van der Waals surface area contributed by atoms with Crippen molar-refractivity contribution in [3.8, 4) is 11.3 Å². The molecule has 4 rings (SSSR count). The molecule has 0 spiro atoms. The molecule has 6 nitrogen and oxygen atoms in total. The molecule has 0 aliphatic heterocycles. The number of carbonyl (C=O) groups excluding carboxylic acids is 2. The Morgan fingerprint density at radius 1 is 1.18 bits per heavy atom. The standard InChI is InChI=1S/C25H21FN4O2S/c26-19-5-1-3-16(11-19)8-10-29-25-21(23(24(27)32)17-4-2-9-28-13-17)6-7-22(30-25)18-12-20(14-31)33-15-18/h1-7,9,11-15,23H,8,10H2,(H2,27,32)(H,29,30). The van der Waals surface area contributed by atoms with Crippen LogP contribution in [0.25, 0.3) is 11.3 Å². The van der Waals surface area contributed by atoms with E-state index in [4.69, 9.17) is 10.7 Å². The van der Waals surface area contributed by atoms with Crippen molar-refractivity contribution in [2.45, 2.75) is 12.3 Å². The molecule has 1 unspecified atom stereocenters. The van der Waals surface area contributed by atoms with Crippen molar-refractivity contribution in [1.29, 1.82) is 0 Å². The Balaban J connectivity index is 1.69. The fraction of sp³-hybridized carbons (Fsp3) is 0.120. The third kappa shape index (κ3) is 5.30. The van der Waals surface area contributed by atoms with Crippen molar-refractivity contribution < 1.29 is 14.0 Å². The first-order chi connectivity index (χ1) is 16.0. The van der Waals surface area contributed by atoms with Crippen LogP contribution in [0.3, 0.4) is 0 Å². The normalized spacial score (nSPS) is 11.7. The molecule has 0 aliphatic carbocycles. The molecule has 0 radical (unpaired) electrons. The molecule has 0 saturated heterocycles. The molecule has 3 heterocycles. The van der Waals surface area contributed by atoms with E-state index in [2.05, 4.69) is 10.3 Å². The maximum Gasteiger partial charge on any atom is 0.229 e. The summed E-state index contributed by atoms with van der Waals surface area (Å²) in [6, 6.07) is 15.3. The summed E-state index contributed by atoms with van der Waals surface area (Å²) in [6.07, 6.45) is 4.59. The number of primary amides is 1. The van der Waals surface area contributed by atoms with Crippen LogP contribution in [-0.4, -0.2) is 28.7 Å². The van der Waals surface area contributed by atoms with E-state index in [0.717, 1.165) is 17.4 Å². The number of hydrogen-bond acceptors (Lipinski definition) is 6. The minimum atomic E-state index is -0.745. The molecule has 3 N–H and O–H groups in total. The minimum Gasteiger partial charge on any atom is -0.369 e. The second-order valence-corrected chi connectivity index (χ2v) is 8.36. The topological polar surface area (TPSA) is 98.0 Å². The number of nitrogens with two attached hydrogens (primary N) is 1. The molecule has 0 saturated carbocycles. The van der Waals surface area contributed by atoms with Gasteiger partial charge in [-0.3, -0.25) is 14.6 Å². The van der Waals surface area contributed by atoms with Crippen LogP contribution in [0.2, 0.25) is 0 Å². The molecule has 166 valence electrons. The van der Waals surface area contributed by atoms with E-state index >= 15 is 0 Å². The van der Waals surface area contributed by atoms with Gasteiger partial charge in [0.2, 0.25) is 5.91 Å². The van der Waals surface area contributed by atoms with Gasteiger partial charge in [0.15, 0.2) is 6.29 Å². The number of halogens is 1. The third-order valence-electron chi connectivity index (χ3n) is 5.17. The van der Waals surface area contributed by atoms with Gasteiger partial charge >= 0.3 is 0 Å². The Hall–Kier alpha value is -3.91. The van der Waals surface area contributed by atoms with Gasteiger partial charge in [-0.15, -0.1) is 11.3 Å².